The molecule has 0 radical (unpaired) electrons. The van der Waals surface area contributed by atoms with Crippen molar-refractivity contribution in [3.8, 4) is 17.2 Å². The molecule has 3 rings (SSSR count). The highest BCUT2D eigenvalue weighted by Gasteiger charge is 2.38. The van der Waals surface area contributed by atoms with Gasteiger partial charge in [-0.25, -0.2) is 14.4 Å². The van der Waals surface area contributed by atoms with Crippen molar-refractivity contribution in [1.82, 2.24) is 5.32 Å². The lowest BCUT2D eigenvalue weighted by Gasteiger charge is -2.28. The number of alkyl carbamates (subject to hydrolysis) is 1. The molecule has 0 aliphatic rings. The van der Waals surface area contributed by atoms with Gasteiger partial charge >= 0.3 is 18.0 Å². The quantitative estimate of drug-likeness (QED) is 0.219. The van der Waals surface area contributed by atoms with E-state index in [1.165, 1.54) is 35.5 Å². The van der Waals surface area contributed by atoms with Crippen LogP contribution in [0.3, 0.4) is 0 Å². The topological polar surface area (TPSA) is 119 Å². The summed E-state index contributed by atoms with van der Waals surface area (Å²) in [6.07, 6.45) is -1.41. The van der Waals surface area contributed by atoms with E-state index in [1.54, 1.807) is 0 Å². The largest absolute Gasteiger partial charge is 0.495 e. The van der Waals surface area contributed by atoms with E-state index in [4.69, 9.17) is 28.4 Å². The van der Waals surface area contributed by atoms with E-state index in [0.29, 0.717) is 6.42 Å². The van der Waals surface area contributed by atoms with Gasteiger partial charge in [-0.3, -0.25) is 0 Å². The number of esters is 2. The van der Waals surface area contributed by atoms with Crippen molar-refractivity contribution in [2.45, 2.75) is 39.3 Å². The maximum atomic E-state index is 13.4. The van der Waals surface area contributed by atoms with Crippen LogP contribution in [0.4, 0.5) is 4.79 Å². The summed E-state index contributed by atoms with van der Waals surface area (Å²) in [6.45, 7) is 5.75. The maximum Gasteiger partial charge on any atom is 0.408 e. The van der Waals surface area contributed by atoms with Gasteiger partial charge in [0.05, 0.1) is 47.2 Å². The Labute approximate surface area is 239 Å². The molecule has 3 aromatic carbocycles. The van der Waals surface area contributed by atoms with Gasteiger partial charge in [0.15, 0.2) is 5.75 Å². The van der Waals surface area contributed by atoms with Gasteiger partial charge < -0.3 is 33.7 Å². The summed E-state index contributed by atoms with van der Waals surface area (Å²) in [7, 11) is 6.35. The highest BCUT2D eigenvalue weighted by atomic mass is 16.6. The number of amides is 1. The molecule has 10 heteroatoms. The number of fused-ring (bicyclic) bond motifs is 1. The summed E-state index contributed by atoms with van der Waals surface area (Å²) in [4.78, 5) is 39.3. The number of carbonyl (C=O) groups excluding carboxylic acids is 3. The number of carbonyl (C=O) groups is 3. The molecule has 0 bridgehead atoms. The van der Waals surface area contributed by atoms with Crippen LogP contribution in [0, 0.1) is 5.92 Å². The second-order valence-corrected chi connectivity index (χ2v) is 9.70. The molecule has 0 spiro atoms. The molecule has 0 heterocycles. The lowest BCUT2D eigenvalue weighted by Crippen LogP contribution is -2.30. The summed E-state index contributed by atoms with van der Waals surface area (Å²) in [5.41, 5.74) is 0.741. The second kappa shape index (κ2) is 13.7. The summed E-state index contributed by atoms with van der Waals surface area (Å²) in [5.74, 6) is -1.82. The molecule has 41 heavy (non-hydrogen) atoms. The lowest BCUT2D eigenvalue weighted by atomic mass is 9.92. The Morgan fingerprint density at radius 3 is 1.78 bits per heavy atom. The molecule has 10 nitrogen and oxygen atoms in total. The van der Waals surface area contributed by atoms with Crippen molar-refractivity contribution in [3.63, 3.8) is 0 Å². The van der Waals surface area contributed by atoms with Gasteiger partial charge in [-0.15, -0.1) is 0 Å². The van der Waals surface area contributed by atoms with Gasteiger partial charge in [-0.2, -0.15) is 0 Å². The number of benzene rings is 3. The molecule has 0 saturated heterocycles. The Morgan fingerprint density at radius 1 is 0.732 bits per heavy atom. The molecule has 220 valence electrons. The van der Waals surface area contributed by atoms with Crippen LogP contribution in [0.2, 0.25) is 0 Å². The predicted molar refractivity (Wildman–Crippen MR) is 153 cm³/mol. The van der Waals surface area contributed by atoms with Crippen molar-refractivity contribution >= 4 is 28.8 Å². The minimum absolute atomic E-state index is 0.0150. The highest BCUT2D eigenvalue weighted by molar-refractivity contribution is 6.05. The SMILES string of the molecule is COC(=O)c1c(OC)c(C(=O)OC)c(OC)c([C@@H](CC(C)C)OC(=O)N[C@H](C)c2cccc3ccccc23)c1OC. The Balaban J connectivity index is 2.14. The Hall–Kier alpha value is -4.47. The fourth-order valence-electron chi connectivity index (χ4n) is 4.90. The van der Waals surface area contributed by atoms with Gasteiger partial charge in [0, 0.05) is 0 Å². The first-order valence-corrected chi connectivity index (χ1v) is 13.1. The minimum atomic E-state index is -1.00. The summed E-state index contributed by atoms with van der Waals surface area (Å²) in [6, 6.07) is 13.4. The molecule has 0 fully saturated rings. The first-order valence-electron chi connectivity index (χ1n) is 13.1. The number of ether oxygens (including phenoxy) is 6. The predicted octanol–water partition coefficient (Wildman–Crippen LogP) is 6.01. The van der Waals surface area contributed by atoms with Crippen LogP contribution in [0.5, 0.6) is 17.2 Å². The third-order valence-electron chi connectivity index (χ3n) is 6.67. The normalized spacial score (nSPS) is 12.3. The molecule has 0 aliphatic carbocycles. The van der Waals surface area contributed by atoms with Gasteiger partial charge in [0.1, 0.15) is 28.7 Å². The Kier molecular flexibility index (Phi) is 10.4. The summed E-state index contributed by atoms with van der Waals surface area (Å²) in [5, 5.41) is 4.96. The van der Waals surface area contributed by atoms with Crippen LogP contribution in [0.25, 0.3) is 10.8 Å². The molecule has 1 amide bonds. The maximum absolute atomic E-state index is 13.4. The first kappa shape index (κ1) is 31.1. The fourth-order valence-corrected chi connectivity index (χ4v) is 4.90. The third-order valence-corrected chi connectivity index (χ3v) is 6.67. The molecular formula is C31H37NO9. The number of nitrogens with one attached hydrogen (secondary N) is 1. The molecule has 1 N–H and O–H groups in total. The van der Waals surface area contributed by atoms with Gasteiger partial charge in [-0.05, 0) is 35.6 Å². The molecule has 0 aromatic heterocycles. The number of rotatable bonds is 11. The van der Waals surface area contributed by atoms with Crippen LogP contribution in [0.1, 0.15) is 71.2 Å². The number of hydrogen-bond acceptors (Lipinski definition) is 9. The zero-order valence-corrected chi connectivity index (χ0v) is 24.7. The second-order valence-electron chi connectivity index (χ2n) is 9.70. The molecule has 0 aliphatic heterocycles. The van der Waals surface area contributed by atoms with Crippen molar-refractivity contribution in [3.05, 3.63) is 64.7 Å². The molecule has 3 aromatic rings. The zero-order chi connectivity index (χ0) is 30.3. The number of hydrogen-bond donors (Lipinski definition) is 1. The van der Waals surface area contributed by atoms with Crippen molar-refractivity contribution in [1.29, 1.82) is 0 Å². The highest BCUT2D eigenvalue weighted by Crippen LogP contribution is 2.49. The van der Waals surface area contributed by atoms with E-state index in [0.717, 1.165) is 16.3 Å². The van der Waals surface area contributed by atoms with Crippen LogP contribution in [-0.4, -0.2) is 53.6 Å². The first-order chi connectivity index (χ1) is 19.6. The fraction of sp³-hybridized carbons (Fsp3) is 0.387. The van der Waals surface area contributed by atoms with E-state index in [9.17, 15) is 14.4 Å². The van der Waals surface area contributed by atoms with E-state index in [-0.39, 0.29) is 39.9 Å². The van der Waals surface area contributed by atoms with Crippen molar-refractivity contribution < 1.29 is 42.8 Å². The number of methoxy groups -OCH3 is 5. The van der Waals surface area contributed by atoms with E-state index in [2.05, 4.69) is 5.32 Å². The molecule has 0 unspecified atom stereocenters. The van der Waals surface area contributed by atoms with Gasteiger partial charge in [0.2, 0.25) is 0 Å². The average Bonchev–Trinajstić information content (AvgIpc) is 2.97. The monoisotopic (exact) mass is 567 g/mol. The van der Waals surface area contributed by atoms with E-state index >= 15 is 0 Å². The molecule has 2 atom stereocenters. The minimum Gasteiger partial charge on any atom is -0.495 e. The van der Waals surface area contributed by atoms with E-state index < -0.39 is 30.2 Å². The van der Waals surface area contributed by atoms with Crippen LogP contribution < -0.4 is 19.5 Å². The molecule has 0 saturated carbocycles. The van der Waals surface area contributed by atoms with Crippen molar-refractivity contribution in [2.75, 3.05) is 35.5 Å². The van der Waals surface area contributed by atoms with Crippen LogP contribution in [-0.2, 0) is 14.2 Å². The molecular weight excluding hydrogens is 530 g/mol. The third kappa shape index (κ3) is 6.48. The average molecular weight is 568 g/mol. The van der Waals surface area contributed by atoms with Crippen LogP contribution in [0.15, 0.2) is 42.5 Å². The zero-order valence-electron chi connectivity index (χ0n) is 24.7. The van der Waals surface area contributed by atoms with Gasteiger partial charge in [0.25, 0.3) is 0 Å². The lowest BCUT2D eigenvalue weighted by molar-refractivity contribution is 0.0582. The summed E-state index contributed by atoms with van der Waals surface area (Å²) >= 11 is 0. The Bertz CT molecular complexity index is 1370. The van der Waals surface area contributed by atoms with Gasteiger partial charge in [-0.1, -0.05) is 56.3 Å². The van der Waals surface area contributed by atoms with Crippen molar-refractivity contribution in [2.24, 2.45) is 5.92 Å². The van der Waals surface area contributed by atoms with E-state index in [1.807, 2.05) is 63.2 Å². The summed E-state index contributed by atoms with van der Waals surface area (Å²) < 4.78 is 32.8. The smallest absolute Gasteiger partial charge is 0.408 e. The Morgan fingerprint density at radius 2 is 1.27 bits per heavy atom. The standard InChI is InChI=1S/C31H37NO9/c1-17(2)16-22(41-31(35)32-18(3)20-15-11-13-19-12-9-10-14-21(19)20)23-26(36-4)24(29(33)39-7)28(38-6)25(27(23)37-5)30(34)40-8/h9-15,17-18,22H,16H2,1-8H3,(H,32,35)/t18-,22-/m1/s1. The van der Waals surface area contributed by atoms with Crippen LogP contribution >= 0.6 is 0 Å².